The highest BCUT2D eigenvalue weighted by molar-refractivity contribution is 7.94. The Morgan fingerprint density at radius 1 is 0.395 bits per heavy atom. The van der Waals surface area contributed by atoms with Crippen molar-refractivity contribution in [2.45, 2.75) is 237 Å². The van der Waals surface area contributed by atoms with Gasteiger partial charge in [-0.05, 0) is 181 Å². The van der Waals surface area contributed by atoms with E-state index in [2.05, 4.69) is 136 Å². The maximum Gasteiger partial charge on any atom is 0.516 e. The normalized spacial score (nSPS) is 16.7. The van der Waals surface area contributed by atoms with Gasteiger partial charge in [0, 0.05) is 72.6 Å². The highest BCUT2D eigenvalue weighted by Crippen LogP contribution is 2.48. The Hall–Kier alpha value is -9.12. The number of aromatic nitrogens is 8. The van der Waals surface area contributed by atoms with Gasteiger partial charge in [0.15, 0.2) is 0 Å². The summed E-state index contributed by atoms with van der Waals surface area (Å²) in [4.78, 5) is 8.57. The van der Waals surface area contributed by atoms with E-state index in [0.29, 0.717) is 42.7 Å². The summed E-state index contributed by atoms with van der Waals surface area (Å²) in [5.74, 6) is 0. The van der Waals surface area contributed by atoms with Crippen molar-refractivity contribution in [2.75, 3.05) is 58.1 Å². The van der Waals surface area contributed by atoms with Crippen LogP contribution < -0.4 is 38.5 Å². The number of fused-ring (bicyclic) bond motifs is 4. The molecule has 0 radical (unpaired) electrons. The molecule has 0 aliphatic carbocycles. The molecule has 0 amide bonds. The van der Waals surface area contributed by atoms with E-state index in [1.807, 2.05) is 27.7 Å². The van der Waals surface area contributed by atoms with Gasteiger partial charge in [-0.3, -0.25) is 18.9 Å². The van der Waals surface area contributed by atoms with Gasteiger partial charge in [-0.2, -0.15) is 86.4 Å². The average Bonchev–Trinajstić information content (AvgIpc) is 0.840. The third-order valence-electron chi connectivity index (χ3n) is 20.5. The molecule has 4 N–H and O–H groups in total. The minimum Gasteiger partial charge on any atom is -0.369 e. The number of aryl methyl sites for hydroxylation is 4. The number of unbranched alkanes of at least 4 members (excludes halogenated alkanes) is 4. The average molecular weight is 1910 g/mol. The van der Waals surface area contributed by atoms with Crippen molar-refractivity contribution >= 4 is 174 Å². The van der Waals surface area contributed by atoms with Crippen LogP contribution in [0.2, 0.25) is 0 Å². The molecule has 4 aliphatic heterocycles. The van der Waals surface area contributed by atoms with Crippen LogP contribution >= 0.6 is 45.3 Å². The molecule has 0 spiro atoms. The maximum absolute atomic E-state index is 13.1. The van der Waals surface area contributed by atoms with Gasteiger partial charge < -0.3 is 19.6 Å². The number of benzene rings is 4. The molecule has 0 saturated heterocycles. The summed E-state index contributed by atoms with van der Waals surface area (Å²) in [6.07, 6.45) is 16.6. The zero-order valence-corrected chi connectivity index (χ0v) is 74.9. The Balaban J connectivity index is 0.000000187. The molecule has 8 aromatic rings. The topological polar surface area (TPSA) is 400 Å². The molecule has 0 fully saturated rings. The molecule has 3 unspecified atom stereocenters. The van der Waals surface area contributed by atoms with Crippen molar-refractivity contribution in [3.05, 3.63) is 92.8 Å². The molecule has 8 heterocycles. The van der Waals surface area contributed by atoms with E-state index in [4.69, 9.17) is 0 Å². The predicted molar refractivity (Wildman–Crippen MR) is 455 cm³/mol. The van der Waals surface area contributed by atoms with Crippen molar-refractivity contribution < 1.29 is 86.4 Å². The van der Waals surface area contributed by atoms with E-state index in [0.717, 1.165) is 189 Å². The van der Waals surface area contributed by atoms with Crippen LogP contribution in [0, 0.1) is 0 Å². The Bertz CT molecular complexity index is 5440. The Morgan fingerprint density at radius 3 is 1.04 bits per heavy atom. The Kier molecular flexibility index (Phi) is 34.1. The number of nitrogens with one attached hydrogen (secondary N) is 4. The second-order valence-corrected chi connectivity index (χ2v) is 38.6. The van der Waals surface area contributed by atoms with Crippen molar-refractivity contribution in [3.8, 4) is 0 Å². The number of sulfonamides is 4. The predicted octanol–water partition coefficient (Wildman–Crippen LogP) is 22.2. The fourth-order valence-electron chi connectivity index (χ4n) is 14.2. The van der Waals surface area contributed by atoms with Gasteiger partial charge in [-0.1, -0.05) is 119 Å². The van der Waals surface area contributed by atoms with E-state index in [-0.39, 0.29) is 96.2 Å². The maximum atomic E-state index is 13.1. The number of hydrogen-bond acceptors (Lipinski definition) is 32. The summed E-state index contributed by atoms with van der Waals surface area (Å²) in [5, 5.41) is 61.5. The molecule has 32 nitrogen and oxygen atoms in total. The number of hydrogen-bond donors (Lipinski definition) is 4. The van der Waals surface area contributed by atoms with Gasteiger partial charge in [0.05, 0.1) is 22.7 Å². The van der Waals surface area contributed by atoms with Gasteiger partial charge in [0.25, 0.3) is 20.5 Å². The largest absolute Gasteiger partial charge is 0.516 e. The lowest BCUT2D eigenvalue weighted by atomic mass is 9.92. The van der Waals surface area contributed by atoms with Crippen LogP contribution in [0.5, 0.6) is 0 Å². The third kappa shape index (κ3) is 25.4. The summed E-state index contributed by atoms with van der Waals surface area (Å²) in [6, 6.07) is 13.1. The Morgan fingerprint density at radius 2 is 0.710 bits per heavy atom. The summed E-state index contributed by atoms with van der Waals surface area (Å²) < 4.78 is 257. The van der Waals surface area contributed by atoms with Gasteiger partial charge in [0.2, 0.25) is 0 Å². The summed E-state index contributed by atoms with van der Waals surface area (Å²) >= 11 is 4.39. The first-order valence-corrected chi connectivity index (χ1v) is 48.8. The lowest BCUT2D eigenvalue weighted by Crippen LogP contribution is -2.44. The number of anilines is 8. The Labute approximate surface area is 725 Å². The SMILES string of the molecule is CCC(CC)N1CCCc2cc(N=Nc3nncs3)c(NS(=O)(=O)C(F)(F)F)cc21.CCC(CC)N1c2cc(NS(=O)(=O)C(F)(F)F)c(N=Nc3nncs3)cc2CCC1C.CCCCCN1c2cc(NS(=O)(=O)C(F)(F)F)c(N=Nc3nncs3)cc2CCC1C.CCCCCN1c2cc(NS(=O)(=O)C(F)(F)F)c(N=Nc3nncs3)cc2CCC1CC. The number of rotatable bonds is 31. The van der Waals surface area contributed by atoms with Crippen molar-refractivity contribution in [2.24, 2.45) is 40.9 Å². The zero-order chi connectivity index (χ0) is 90.8. The molecule has 680 valence electrons. The van der Waals surface area contributed by atoms with Gasteiger partial charge in [-0.15, -0.1) is 81.7 Å². The molecule has 124 heavy (non-hydrogen) atoms. The number of halogens is 12. The molecule has 4 aromatic carbocycles. The second-order valence-electron chi connectivity index (χ2n) is 28.7. The van der Waals surface area contributed by atoms with Crippen LogP contribution in [0.4, 0.5) is 141 Å². The van der Waals surface area contributed by atoms with Crippen LogP contribution in [-0.2, 0) is 65.8 Å². The highest BCUT2D eigenvalue weighted by Gasteiger charge is 2.50. The van der Waals surface area contributed by atoms with E-state index in [1.54, 1.807) is 43.2 Å². The third-order valence-corrected chi connectivity index (χ3v) is 27.1. The molecule has 4 aromatic heterocycles. The van der Waals surface area contributed by atoms with Crippen molar-refractivity contribution in [3.63, 3.8) is 0 Å². The second kappa shape index (κ2) is 42.9. The summed E-state index contributed by atoms with van der Waals surface area (Å²) in [6.45, 7) is 20.8. The fraction of sp³-hybridized carbons (Fsp3) is 0.556. The van der Waals surface area contributed by atoms with E-state index >= 15 is 0 Å². The van der Waals surface area contributed by atoms with Crippen LogP contribution in [0.15, 0.2) is 111 Å². The van der Waals surface area contributed by atoms with E-state index in [9.17, 15) is 86.4 Å². The summed E-state index contributed by atoms with van der Waals surface area (Å²) in [5.41, 5.74) is -10.8. The standard InChI is InChI=1S/C19H25F3N6O2S2.2C18H23F3N6O2S2.C17H21F3N6O2S2/c1-3-5-6-9-28-14(4-2)8-7-13-10-15(24-26-18-25-23-12-31-18)16(11-17(13)28)27-32(29,30)19(20,21)22;1-4-13(5-2)27-11(3)6-7-12-8-14(23-25-17-24-22-10-30-17)15(9-16(12)27)26-31(28,29)18(19,20)21;1-3-4-5-8-27-12(2)6-7-13-9-14(23-25-17-24-22-11-30-17)15(10-16(13)27)26-31(28,29)18(19,20)21;1-3-12(4-2)26-7-5-6-11-8-13(22-24-16-23-21-10-29-16)14(9-15(11)26)25-30(27,28)17(18,19)20/h10-12,14,27H,3-9H2,1-2H3;8-11,13,26H,4-7H2,1-3H3;9-12,26H,3-8H2,1-2H3;8-10,12,25H,3-7H2,1-2H3. The lowest BCUT2D eigenvalue weighted by Gasteiger charge is -2.42. The smallest absolute Gasteiger partial charge is 0.369 e. The van der Waals surface area contributed by atoms with Crippen molar-refractivity contribution in [1.82, 2.24) is 40.8 Å². The van der Waals surface area contributed by atoms with Crippen molar-refractivity contribution in [1.29, 1.82) is 0 Å². The van der Waals surface area contributed by atoms with Gasteiger partial charge >= 0.3 is 62.1 Å². The zero-order valence-electron chi connectivity index (χ0n) is 68.4. The molecule has 0 saturated carbocycles. The number of nitrogens with zero attached hydrogens (tertiary/aromatic N) is 20. The minimum absolute atomic E-state index is 0.00442. The van der Waals surface area contributed by atoms with Crippen LogP contribution in [-0.4, -0.2) is 146 Å². The first-order chi connectivity index (χ1) is 58.5. The first-order valence-electron chi connectivity index (χ1n) is 39.3. The van der Waals surface area contributed by atoms with Crippen LogP contribution in [0.3, 0.4) is 0 Å². The van der Waals surface area contributed by atoms with E-state index in [1.165, 1.54) is 46.3 Å². The molecule has 3 atom stereocenters. The monoisotopic (exact) mass is 1900 g/mol. The minimum atomic E-state index is -5.63. The number of azo groups is 4. The van der Waals surface area contributed by atoms with E-state index < -0.39 is 62.1 Å². The molecular weight excluding hydrogens is 1810 g/mol. The van der Waals surface area contributed by atoms with Crippen LogP contribution in [0.1, 0.15) is 181 Å². The highest BCUT2D eigenvalue weighted by atomic mass is 32.2. The molecule has 52 heteroatoms. The van der Waals surface area contributed by atoms with Crippen LogP contribution in [0.25, 0.3) is 0 Å². The molecule has 12 rings (SSSR count). The molecule has 0 bridgehead atoms. The van der Waals surface area contributed by atoms with Gasteiger partial charge in [-0.25, -0.2) is 0 Å². The molecule has 4 aliphatic rings. The fourth-order valence-corrected chi connectivity index (χ4v) is 18.0. The molecular formula is C72H92F12N24O8S8. The lowest BCUT2D eigenvalue weighted by molar-refractivity contribution is -0.0435. The quantitative estimate of drug-likeness (QED) is 0.0178. The van der Waals surface area contributed by atoms with Gasteiger partial charge in [0.1, 0.15) is 44.8 Å². The summed E-state index contributed by atoms with van der Waals surface area (Å²) in [7, 11) is -22.5. The number of alkyl halides is 12. The first kappa shape index (κ1) is 98.7.